The molecule has 0 aliphatic heterocycles. The van der Waals surface area contributed by atoms with Crippen LogP contribution >= 0.6 is 11.6 Å². The van der Waals surface area contributed by atoms with Crippen molar-refractivity contribution in [3.05, 3.63) is 64.9 Å². The van der Waals surface area contributed by atoms with E-state index in [4.69, 9.17) is 21.1 Å². The second-order valence-corrected chi connectivity index (χ2v) is 6.23. The van der Waals surface area contributed by atoms with Crippen LogP contribution < -0.4 is 10.6 Å². The summed E-state index contributed by atoms with van der Waals surface area (Å²) in [5.74, 6) is -1.75. The first-order chi connectivity index (χ1) is 12.9. The van der Waals surface area contributed by atoms with Gasteiger partial charge in [-0.05, 0) is 35.9 Å². The van der Waals surface area contributed by atoms with Crippen LogP contribution in [-0.2, 0) is 16.0 Å². The number of nitrogens with one attached hydrogen (secondary N) is 2. The Morgan fingerprint density at radius 3 is 2.48 bits per heavy atom. The average Bonchev–Trinajstić information content (AvgIpc) is 3.05. The number of hydrogen-bond donors (Lipinski definition) is 3. The van der Waals surface area contributed by atoms with Crippen molar-refractivity contribution in [3.8, 4) is 0 Å². The summed E-state index contributed by atoms with van der Waals surface area (Å²) < 4.78 is 5.51. The number of amides is 2. The largest absolute Gasteiger partial charge is 0.480 e. The molecule has 7 nitrogen and oxygen atoms in total. The molecule has 0 saturated carbocycles. The predicted molar refractivity (Wildman–Crippen MR) is 100.0 cm³/mol. The standard InChI is InChI=1S/C19H15ClN2O5/c20-13-4-3-12-8-16(27-15(12)9-13)19(26)22-14-5-1-11(2-6-14)7-17(23)21-10-18(24)25/h1-6,8-9H,7,10H2,(H,21,23)(H,22,26)(H,24,25). The highest BCUT2D eigenvalue weighted by atomic mass is 35.5. The van der Waals surface area contributed by atoms with Crippen LogP contribution in [0.5, 0.6) is 0 Å². The molecule has 0 fully saturated rings. The summed E-state index contributed by atoms with van der Waals surface area (Å²) >= 11 is 5.91. The third kappa shape index (κ3) is 4.86. The number of anilines is 1. The molecule has 1 aromatic heterocycles. The fraction of sp³-hybridized carbons (Fsp3) is 0.105. The Hall–Kier alpha value is -3.32. The molecule has 0 spiro atoms. The summed E-state index contributed by atoms with van der Waals surface area (Å²) in [7, 11) is 0. The summed E-state index contributed by atoms with van der Waals surface area (Å²) in [6.07, 6.45) is 0.0475. The number of carboxylic acid groups (broad SMARTS) is 1. The van der Waals surface area contributed by atoms with E-state index in [9.17, 15) is 14.4 Å². The van der Waals surface area contributed by atoms with Crippen molar-refractivity contribution in [2.24, 2.45) is 0 Å². The first kappa shape index (κ1) is 18.5. The molecular weight excluding hydrogens is 372 g/mol. The van der Waals surface area contributed by atoms with E-state index < -0.39 is 24.3 Å². The predicted octanol–water partition coefficient (Wildman–Crippen LogP) is 3.08. The van der Waals surface area contributed by atoms with Crippen molar-refractivity contribution in [1.82, 2.24) is 5.32 Å². The molecule has 27 heavy (non-hydrogen) atoms. The number of hydrogen-bond acceptors (Lipinski definition) is 4. The maximum atomic E-state index is 12.3. The Labute approximate surface area is 158 Å². The molecule has 1 heterocycles. The van der Waals surface area contributed by atoms with Gasteiger partial charge >= 0.3 is 5.97 Å². The minimum atomic E-state index is -1.10. The van der Waals surface area contributed by atoms with Gasteiger partial charge in [-0.1, -0.05) is 23.7 Å². The van der Waals surface area contributed by atoms with Crippen molar-refractivity contribution < 1.29 is 23.9 Å². The Kier molecular flexibility index (Phi) is 5.42. The molecule has 0 atom stereocenters. The normalized spacial score (nSPS) is 10.6. The summed E-state index contributed by atoms with van der Waals surface area (Å²) in [6.45, 7) is -0.421. The SMILES string of the molecule is O=C(O)CNC(=O)Cc1ccc(NC(=O)c2cc3ccc(Cl)cc3o2)cc1. The Morgan fingerprint density at radius 1 is 1.04 bits per heavy atom. The lowest BCUT2D eigenvalue weighted by Gasteiger charge is -2.06. The number of rotatable bonds is 6. The molecule has 3 aromatic rings. The summed E-state index contributed by atoms with van der Waals surface area (Å²) in [5, 5.41) is 14.8. The van der Waals surface area contributed by atoms with E-state index in [-0.39, 0.29) is 12.2 Å². The maximum absolute atomic E-state index is 12.3. The van der Waals surface area contributed by atoms with E-state index in [0.29, 0.717) is 21.9 Å². The third-order valence-corrected chi connectivity index (χ3v) is 3.95. The Balaban J connectivity index is 1.62. The highest BCUT2D eigenvalue weighted by Gasteiger charge is 2.13. The molecule has 8 heteroatoms. The molecule has 2 amide bonds. The molecule has 0 aliphatic carbocycles. The molecular formula is C19H15ClN2O5. The molecule has 0 saturated heterocycles. The fourth-order valence-corrected chi connectivity index (χ4v) is 2.60. The first-order valence-corrected chi connectivity index (χ1v) is 8.36. The van der Waals surface area contributed by atoms with Gasteiger partial charge in [-0.3, -0.25) is 14.4 Å². The van der Waals surface area contributed by atoms with Crippen LogP contribution in [0.25, 0.3) is 11.0 Å². The van der Waals surface area contributed by atoms with Gasteiger partial charge in [-0.15, -0.1) is 0 Å². The lowest BCUT2D eigenvalue weighted by Crippen LogP contribution is -2.30. The zero-order chi connectivity index (χ0) is 19.4. The zero-order valence-corrected chi connectivity index (χ0v) is 14.7. The van der Waals surface area contributed by atoms with Crippen LogP contribution in [0.15, 0.2) is 52.9 Å². The van der Waals surface area contributed by atoms with Crippen molar-refractivity contribution in [1.29, 1.82) is 0 Å². The third-order valence-electron chi connectivity index (χ3n) is 3.72. The number of furan rings is 1. The van der Waals surface area contributed by atoms with E-state index in [0.717, 1.165) is 5.39 Å². The van der Waals surface area contributed by atoms with Gasteiger partial charge in [0, 0.05) is 22.2 Å². The number of benzene rings is 2. The lowest BCUT2D eigenvalue weighted by atomic mass is 10.1. The second kappa shape index (κ2) is 7.92. The summed E-state index contributed by atoms with van der Waals surface area (Å²) in [5.41, 5.74) is 1.75. The monoisotopic (exact) mass is 386 g/mol. The molecule has 0 unspecified atom stereocenters. The van der Waals surface area contributed by atoms with Gasteiger partial charge in [0.15, 0.2) is 5.76 Å². The van der Waals surface area contributed by atoms with Gasteiger partial charge in [0.1, 0.15) is 12.1 Å². The van der Waals surface area contributed by atoms with E-state index in [1.807, 2.05) is 0 Å². The number of fused-ring (bicyclic) bond motifs is 1. The second-order valence-electron chi connectivity index (χ2n) is 5.79. The van der Waals surface area contributed by atoms with Crippen molar-refractivity contribution >= 4 is 46.0 Å². The van der Waals surface area contributed by atoms with Crippen LogP contribution in [0.4, 0.5) is 5.69 Å². The topological polar surface area (TPSA) is 109 Å². The minimum Gasteiger partial charge on any atom is -0.480 e. The highest BCUT2D eigenvalue weighted by Crippen LogP contribution is 2.23. The highest BCUT2D eigenvalue weighted by molar-refractivity contribution is 6.31. The van der Waals surface area contributed by atoms with Gasteiger partial charge in [-0.2, -0.15) is 0 Å². The van der Waals surface area contributed by atoms with Crippen molar-refractivity contribution in [2.75, 3.05) is 11.9 Å². The maximum Gasteiger partial charge on any atom is 0.322 e. The summed E-state index contributed by atoms with van der Waals surface area (Å²) in [6, 6.07) is 13.4. The van der Waals surface area contributed by atoms with Gasteiger partial charge < -0.3 is 20.2 Å². The molecule has 3 N–H and O–H groups in total. The molecule has 138 valence electrons. The Morgan fingerprint density at radius 2 is 1.78 bits per heavy atom. The van der Waals surface area contributed by atoms with E-state index in [1.165, 1.54) is 0 Å². The quantitative estimate of drug-likeness (QED) is 0.603. The minimum absolute atomic E-state index is 0.0475. The van der Waals surface area contributed by atoms with Crippen LogP contribution in [0.3, 0.4) is 0 Å². The van der Waals surface area contributed by atoms with Gasteiger partial charge in [-0.25, -0.2) is 0 Å². The van der Waals surface area contributed by atoms with Crippen molar-refractivity contribution in [3.63, 3.8) is 0 Å². The first-order valence-electron chi connectivity index (χ1n) is 7.98. The van der Waals surface area contributed by atoms with Gasteiger partial charge in [0.05, 0.1) is 6.42 Å². The number of carboxylic acids is 1. The molecule has 0 aliphatic rings. The van der Waals surface area contributed by atoms with E-state index >= 15 is 0 Å². The fourth-order valence-electron chi connectivity index (χ4n) is 2.44. The lowest BCUT2D eigenvalue weighted by molar-refractivity contribution is -0.137. The number of aliphatic carboxylic acids is 1. The average molecular weight is 387 g/mol. The number of halogens is 1. The Bertz CT molecular complexity index is 1010. The van der Waals surface area contributed by atoms with Gasteiger partial charge in [0.25, 0.3) is 5.91 Å². The molecule has 2 aromatic carbocycles. The zero-order valence-electron chi connectivity index (χ0n) is 14.0. The van der Waals surface area contributed by atoms with E-state index in [2.05, 4.69) is 10.6 Å². The number of carbonyl (C=O) groups is 3. The van der Waals surface area contributed by atoms with Crippen LogP contribution in [0.1, 0.15) is 16.1 Å². The number of carbonyl (C=O) groups excluding carboxylic acids is 2. The molecule has 3 rings (SSSR count). The van der Waals surface area contributed by atoms with E-state index in [1.54, 1.807) is 48.5 Å². The van der Waals surface area contributed by atoms with Crippen LogP contribution in [0.2, 0.25) is 5.02 Å². The summed E-state index contributed by atoms with van der Waals surface area (Å²) in [4.78, 5) is 34.4. The van der Waals surface area contributed by atoms with Crippen molar-refractivity contribution in [2.45, 2.75) is 6.42 Å². The molecule has 0 radical (unpaired) electrons. The van der Waals surface area contributed by atoms with Crippen LogP contribution in [0, 0.1) is 0 Å². The van der Waals surface area contributed by atoms with Gasteiger partial charge in [0.2, 0.25) is 5.91 Å². The smallest absolute Gasteiger partial charge is 0.322 e. The van der Waals surface area contributed by atoms with Crippen LogP contribution in [-0.4, -0.2) is 29.4 Å². The molecule has 0 bridgehead atoms.